The maximum Gasteiger partial charge on any atom is 0.154 e. The van der Waals surface area contributed by atoms with E-state index in [0.29, 0.717) is 0 Å². The molecule has 3 nitrogen and oxygen atoms in total. The first-order valence-corrected chi connectivity index (χ1v) is 5.67. The van der Waals surface area contributed by atoms with E-state index in [4.69, 9.17) is 5.73 Å². The Hall–Kier alpha value is -0.0900. The van der Waals surface area contributed by atoms with Gasteiger partial charge in [-0.25, -0.2) is 8.42 Å². The van der Waals surface area contributed by atoms with Crippen molar-refractivity contribution in [2.24, 2.45) is 5.73 Å². The highest BCUT2D eigenvalue weighted by Crippen LogP contribution is 2.07. The molecule has 2 N–H and O–H groups in total. The van der Waals surface area contributed by atoms with Crippen LogP contribution in [-0.4, -0.2) is 26.0 Å². The number of hydrogen-bond acceptors (Lipinski definition) is 3. The van der Waals surface area contributed by atoms with Gasteiger partial charge in [0.25, 0.3) is 0 Å². The normalized spacial score (nSPS) is 14.8. The standard InChI is InChI=1S/C7H17NO2S/c1-3-4-7(2)11(9,10)6-5-8/h7H,3-6,8H2,1-2H3. The van der Waals surface area contributed by atoms with Crippen molar-refractivity contribution in [2.75, 3.05) is 12.3 Å². The second-order valence-electron chi connectivity index (χ2n) is 2.75. The molecule has 0 saturated carbocycles. The van der Waals surface area contributed by atoms with Crippen LogP contribution >= 0.6 is 0 Å². The monoisotopic (exact) mass is 179 g/mol. The Labute approximate surface area is 68.9 Å². The van der Waals surface area contributed by atoms with Crippen molar-refractivity contribution in [2.45, 2.75) is 31.9 Å². The molecule has 0 aromatic rings. The highest BCUT2D eigenvalue weighted by atomic mass is 32.2. The van der Waals surface area contributed by atoms with Gasteiger partial charge in [0.2, 0.25) is 0 Å². The molecule has 4 heteroatoms. The molecule has 0 rings (SSSR count). The third-order valence-electron chi connectivity index (χ3n) is 1.71. The molecule has 1 atom stereocenters. The van der Waals surface area contributed by atoms with Crippen molar-refractivity contribution in [3.8, 4) is 0 Å². The second-order valence-corrected chi connectivity index (χ2v) is 5.29. The molecule has 0 aliphatic carbocycles. The Bertz CT molecular complexity index is 187. The van der Waals surface area contributed by atoms with Gasteiger partial charge in [-0.05, 0) is 13.3 Å². The highest BCUT2D eigenvalue weighted by molar-refractivity contribution is 7.92. The number of nitrogens with two attached hydrogens (primary N) is 1. The van der Waals surface area contributed by atoms with Crippen molar-refractivity contribution in [1.29, 1.82) is 0 Å². The minimum Gasteiger partial charge on any atom is -0.329 e. The fourth-order valence-corrected chi connectivity index (χ4v) is 2.28. The molecule has 0 radical (unpaired) electrons. The van der Waals surface area contributed by atoms with E-state index in [1.54, 1.807) is 6.92 Å². The van der Waals surface area contributed by atoms with Crippen LogP contribution in [0.25, 0.3) is 0 Å². The van der Waals surface area contributed by atoms with E-state index >= 15 is 0 Å². The van der Waals surface area contributed by atoms with Crippen molar-refractivity contribution >= 4 is 9.84 Å². The van der Waals surface area contributed by atoms with E-state index in [2.05, 4.69) is 0 Å². The Balaban J connectivity index is 4.07. The van der Waals surface area contributed by atoms with Crippen molar-refractivity contribution < 1.29 is 8.42 Å². The summed E-state index contributed by atoms with van der Waals surface area (Å²) in [4.78, 5) is 0. The predicted octanol–water partition coefficient (Wildman–Crippen LogP) is 0.549. The maximum absolute atomic E-state index is 11.2. The van der Waals surface area contributed by atoms with Gasteiger partial charge in [-0.3, -0.25) is 0 Å². The average molecular weight is 179 g/mol. The zero-order valence-electron chi connectivity index (χ0n) is 7.21. The quantitative estimate of drug-likeness (QED) is 0.670. The first kappa shape index (κ1) is 10.9. The third kappa shape index (κ3) is 3.72. The Morgan fingerprint density at radius 1 is 1.45 bits per heavy atom. The summed E-state index contributed by atoms with van der Waals surface area (Å²) in [5.74, 6) is 0.119. The average Bonchev–Trinajstić information content (AvgIpc) is 1.88. The molecule has 0 fully saturated rings. The summed E-state index contributed by atoms with van der Waals surface area (Å²) in [5.41, 5.74) is 5.17. The van der Waals surface area contributed by atoms with Crippen molar-refractivity contribution in [3.63, 3.8) is 0 Å². The summed E-state index contributed by atoms with van der Waals surface area (Å²) >= 11 is 0. The molecule has 11 heavy (non-hydrogen) atoms. The van der Waals surface area contributed by atoms with Crippen molar-refractivity contribution in [1.82, 2.24) is 0 Å². The fraction of sp³-hybridized carbons (Fsp3) is 1.00. The molecule has 0 aromatic heterocycles. The van der Waals surface area contributed by atoms with Gasteiger partial charge < -0.3 is 5.73 Å². The predicted molar refractivity (Wildman–Crippen MR) is 47.2 cm³/mol. The lowest BCUT2D eigenvalue weighted by Gasteiger charge is -2.09. The van der Waals surface area contributed by atoms with Gasteiger partial charge in [0.15, 0.2) is 9.84 Å². The van der Waals surface area contributed by atoms with Gasteiger partial charge in [-0.15, -0.1) is 0 Å². The summed E-state index contributed by atoms with van der Waals surface area (Å²) in [6, 6.07) is 0. The number of sulfone groups is 1. The Morgan fingerprint density at radius 2 is 2.00 bits per heavy atom. The molecule has 1 unspecified atom stereocenters. The van der Waals surface area contributed by atoms with Crippen LogP contribution in [0.15, 0.2) is 0 Å². The minimum absolute atomic E-state index is 0.119. The van der Waals surface area contributed by atoms with Gasteiger partial charge in [-0.1, -0.05) is 13.3 Å². The molecular formula is C7H17NO2S. The highest BCUT2D eigenvalue weighted by Gasteiger charge is 2.17. The molecule has 0 aromatic carbocycles. The Morgan fingerprint density at radius 3 is 2.36 bits per heavy atom. The number of rotatable bonds is 5. The molecule has 0 heterocycles. The first-order chi connectivity index (χ1) is 5.04. The van der Waals surface area contributed by atoms with Crippen LogP contribution < -0.4 is 5.73 Å². The summed E-state index contributed by atoms with van der Waals surface area (Å²) < 4.78 is 22.5. The van der Waals surface area contributed by atoms with E-state index in [9.17, 15) is 8.42 Å². The fourth-order valence-electron chi connectivity index (χ4n) is 0.952. The second kappa shape index (κ2) is 4.72. The molecule has 0 aliphatic rings. The van der Waals surface area contributed by atoms with E-state index in [-0.39, 0.29) is 17.5 Å². The summed E-state index contributed by atoms with van der Waals surface area (Å²) in [7, 11) is -2.90. The lowest BCUT2D eigenvalue weighted by atomic mass is 10.3. The van der Waals surface area contributed by atoms with Crippen LogP contribution in [0.5, 0.6) is 0 Å². The lowest BCUT2D eigenvalue weighted by molar-refractivity contribution is 0.575. The lowest BCUT2D eigenvalue weighted by Crippen LogP contribution is -2.25. The van der Waals surface area contributed by atoms with Crippen LogP contribution in [-0.2, 0) is 9.84 Å². The third-order valence-corrected chi connectivity index (χ3v) is 3.98. The SMILES string of the molecule is CCCC(C)S(=O)(=O)CCN. The molecule has 0 bridgehead atoms. The Kier molecular flexibility index (Phi) is 4.68. The summed E-state index contributed by atoms with van der Waals surface area (Å²) in [6.45, 7) is 3.96. The topological polar surface area (TPSA) is 60.2 Å². The summed E-state index contributed by atoms with van der Waals surface area (Å²) in [6.07, 6.45) is 1.65. The minimum atomic E-state index is -2.90. The van der Waals surface area contributed by atoms with Crippen LogP contribution in [0.2, 0.25) is 0 Å². The van der Waals surface area contributed by atoms with E-state index in [1.807, 2.05) is 6.92 Å². The van der Waals surface area contributed by atoms with Gasteiger partial charge in [0, 0.05) is 6.54 Å². The maximum atomic E-state index is 11.2. The van der Waals surface area contributed by atoms with Gasteiger partial charge in [-0.2, -0.15) is 0 Å². The number of hydrogen-bond donors (Lipinski definition) is 1. The van der Waals surface area contributed by atoms with Gasteiger partial charge in [0.1, 0.15) is 0 Å². The van der Waals surface area contributed by atoms with E-state index in [0.717, 1.165) is 12.8 Å². The van der Waals surface area contributed by atoms with E-state index in [1.165, 1.54) is 0 Å². The molecule has 0 saturated heterocycles. The van der Waals surface area contributed by atoms with Gasteiger partial charge >= 0.3 is 0 Å². The zero-order valence-corrected chi connectivity index (χ0v) is 8.02. The molecular weight excluding hydrogens is 162 g/mol. The summed E-state index contributed by atoms with van der Waals surface area (Å²) in [5, 5.41) is -0.226. The van der Waals surface area contributed by atoms with Crippen LogP contribution in [0.3, 0.4) is 0 Å². The van der Waals surface area contributed by atoms with Crippen molar-refractivity contribution in [3.05, 3.63) is 0 Å². The molecule has 0 amide bonds. The van der Waals surface area contributed by atoms with E-state index < -0.39 is 9.84 Å². The van der Waals surface area contributed by atoms with Crippen LogP contribution in [0.4, 0.5) is 0 Å². The molecule has 0 spiro atoms. The molecule has 0 aliphatic heterocycles. The zero-order chi connectivity index (χ0) is 8.91. The van der Waals surface area contributed by atoms with Gasteiger partial charge in [0.05, 0.1) is 11.0 Å². The smallest absolute Gasteiger partial charge is 0.154 e. The van der Waals surface area contributed by atoms with Crippen LogP contribution in [0, 0.1) is 0 Å². The van der Waals surface area contributed by atoms with Crippen LogP contribution in [0.1, 0.15) is 26.7 Å². The first-order valence-electron chi connectivity index (χ1n) is 3.96. The largest absolute Gasteiger partial charge is 0.329 e. The molecule has 68 valence electrons.